The topological polar surface area (TPSA) is 89.8 Å². The van der Waals surface area contributed by atoms with Crippen molar-refractivity contribution in [1.82, 2.24) is 24.5 Å². The summed E-state index contributed by atoms with van der Waals surface area (Å²) in [5.41, 5.74) is 1.87. The van der Waals surface area contributed by atoms with Gasteiger partial charge in [-0.3, -0.25) is 0 Å². The van der Waals surface area contributed by atoms with Crippen LogP contribution in [0.5, 0.6) is 0 Å². The standard InChI is InChI=1S/C21H21F2N5O2S3/c1-11-17(31-12(2)24-11)10-28-9-15(19-25-26-20(32-19)18(22)23)14-8-13(4-5-16(14)28)33(29,30)27-21(3)6-7-21/h4-5,8-9,18,27H,6-7,10H2,1-3H3. The number of alkyl halides is 2. The predicted molar refractivity (Wildman–Crippen MR) is 124 cm³/mol. The third-order valence-electron chi connectivity index (χ3n) is 5.71. The molecular weight excluding hydrogens is 488 g/mol. The van der Waals surface area contributed by atoms with E-state index in [1.165, 1.54) is 0 Å². The minimum Gasteiger partial charge on any atom is -0.341 e. The molecule has 3 aromatic heterocycles. The molecule has 0 bridgehead atoms. The summed E-state index contributed by atoms with van der Waals surface area (Å²) in [5, 5.41) is 9.10. The fourth-order valence-corrected chi connectivity index (χ4v) is 6.87. The van der Waals surface area contributed by atoms with Crippen LogP contribution < -0.4 is 4.72 Å². The monoisotopic (exact) mass is 509 g/mol. The van der Waals surface area contributed by atoms with E-state index in [-0.39, 0.29) is 9.90 Å². The Bertz CT molecular complexity index is 1470. The molecule has 0 aliphatic heterocycles. The van der Waals surface area contributed by atoms with Crippen LogP contribution in [0.15, 0.2) is 29.3 Å². The van der Waals surface area contributed by atoms with E-state index in [1.807, 2.05) is 31.5 Å². The van der Waals surface area contributed by atoms with Crippen LogP contribution >= 0.6 is 22.7 Å². The van der Waals surface area contributed by atoms with E-state index < -0.39 is 22.0 Å². The van der Waals surface area contributed by atoms with Crippen LogP contribution in [0, 0.1) is 13.8 Å². The molecule has 1 aliphatic carbocycles. The summed E-state index contributed by atoms with van der Waals surface area (Å²) in [4.78, 5) is 5.68. The molecule has 0 saturated heterocycles. The van der Waals surface area contributed by atoms with Crippen LogP contribution in [0.3, 0.4) is 0 Å². The van der Waals surface area contributed by atoms with Crippen molar-refractivity contribution in [3.05, 3.63) is 45.0 Å². The molecular formula is C21H21F2N5O2S3. The molecule has 1 saturated carbocycles. The minimum atomic E-state index is -3.73. The Morgan fingerprint density at radius 1 is 1.21 bits per heavy atom. The van der Waals surface area contributed by atoms with Crippen LogP contribution in [-0.4, -0.2) is 33.7 Å². The fraction of sp³-hybridized carbons (Fsp3) is 0.381. The highest BCUT2D eigenvalue weighted by molar-refractivity contribution is 7.89. The molecule has 7 nitrogen and oxygen atoms in total. The number of fused-ring (bicyclic) bond motifs is 1. The second-order valence-corrected chi connectivity index (χ2v) is 12.5. The zero-order chi connectivity index (χ0) is 23.5. The molecule has 4 aromatic rings. The van der Waals surface area contributed by atoms with E-state index in [1.54, 1.807) is 29.5 Å². The molecule has 3 heterocycles. The molecule has 0 amide bonds. The number of rotatable bonds is 7. The predicted octanol–water partition coefficient (Wildman–Crippen LogP) is 5.05. The minimum absolute atomic E-state index is 0.130. The lowest BCUT2D eigenvalue weighted by Crippen LogP contribution is -2.34. The van der Waals surface area contributed by atoms with Crippen molar-refractivity contribution in [3.8, 4) is 10.6 Å². The van der Waals surface area contributed by atoms with Gasteiger partial charge in [-0.25, -0.2) is 26.9 Å². The molecule has 0 atom stereocenters. The van der Waals surface area contributed by atoms with Gasteiger partial charge in [0.25, 0.3) is 6.43 Å². The van der Waals surface area contributed by atoms with Crippen LogP contribution in [0.2, 0.25) is 0 Å². The number of benzene rings is 1. The summed E-state index contributed by atoms with van der Waals surface area (Å²) in [6.45, 7) is 6.28. The van der Waals surface area contributed by atoms with E-state index >= 15 is 0 Å². The second-order valence-electron chi connectivity index (χ2n) is 8.50. The maximum atomic E-state index is 13.1. The third-order valence-corrected chi connectivity index (χ3v) is 9.37. The Hall–Kier alpha value is -2.28. The third kappa shape index (κ3) is 4.32. The van der Waals surface area contributed by atoms with Gasteiger partial charge in [0.05, 0.1) is 22.1 Å². The zero-order valence-electron chi connectivity index (χ0n) is 18.1. The number of hydrogen-bond acceptors (Lipinski definition) is 7. The summed E-state index contributed by atoms with van der Waals surface area (Å²) < 4.78 is 57.0. The van der Waals surface area contributed by atoms with E-state index in [0.717, 1.165) is 45.3 Å². The highest BCUT2D eigenvalue weighted by Crippen LogP contribution is 2.38. The number of aryl methyl sites for hydroxylation is 2. The molecule has 12 heteroatoms. The van der Waals surface area contributed by atoms with Gasteiger partial charge in [0.15, 0.2) is 5.01 Å². The lowest BCUT2D eigenvalue weighted by atomic mass is 10.2. The van der Waals surface area contributed by atoms with Gasteiger partial charge in [-0.15, -0.1) is 21.5 Å². The molecule has 1 aliphatic rings. The van der Waals surface area contributed by atoms with Crippen molar-refractivity contribution in [2.75, 3.05) is 0 Å². The van der Waals surface area contributed by atoms with Gasteiger partial charge >= 0.3 is 0 Å². The zero-order valence-corrected chi connectivity index (χ0v) is 20.5. The SMILES string of the molecule is Cc1nc(C)c(Cn2cc(-c3nnc(C(F)F)s3)c3cc(S(=O)(=O)NC4(C)CC4)ccc32)s1. The number of nitrogens with zero attached hydrogens (tertiary/aromatic N) is 4. The number of hydrogen-bond donors (Lipinski definition) is 1. The van der Waals surface area contributed by atoms with Gasteiger partial charge in [0, 0.05) is 33.1 Å². The summed E-state index contributed by atoms with van der Waals surface area (Å²) >= 11 is 2.40. The number of aromatic nitrogens is 4. The van der Waals surface area contributed by atoms with Crippen LogP contribution in [-0.2, 0) is 16.6 Å². The molecule has 1 aromatic carbocycles. The van der Waals surface area contributed by atoms with Crippen LogP contribution in [0.25, 0.3) is 21.5 Å². The fourth-order valence-electron chi connectivity index (χ4n) is 3.72. The molecule has 0 radical (unpaired) electrons. The Balaban J connectivity index is 1.64. The molecule has 1 N–H and O–H groups in total. The Kier molecular flexibility index (Phi) is 5.39. The average Bonchev–Trinajstić information content (AvgIpc) is 3.10. The van der Waals surface area contributed by atoms with Gasteiger partial charge in [-0.2, -0.15) is 0 Å². The largest absolute Gasteiger partial charge is 0.341 e. The molecule has 0 unspecified atom stereocenters. The van der Waals surface area contributed by atoms with Crippen molar-refractivity contribution in [2.45, 2.75) is 57.0 Å². The number of halogens is 2. The second kappa shape index (κ2) is 7.90. The van der Waals surface area contributed by atoms with Crippen molar-refractivity contribution >= 4 is 43.6 Å². The van der Waals surface area contributed by atoms with Gasteiger partial charge < -0.3 is 4.57 Å². The first-order valence-corrected chi connectivity index (χ1v) is 13.4. The molecule has 0 spiro atoms. The van der Waals surface area contributed by atoms with Crippen molar-refractivity contribution in [2.24, 2.45) is 0 Å². The Labute approximate surface area is 197 Å². The summed E-state index contributed by atoms with van der Waals surface area (Å²) in [6, 6.07) is 4.91. The molecule has 33 heavy (non-hydrogen) atoms. The molecule has 5 rings (SSSR count). The summed E-state index contributed by atoms with van der Waals surface area (Å²) in [7, 11) is -3.73. The van der Waals surface area contributed by atoms with Gasteiger partial charge in [0.2, 0.25) is 10.0 Å². The van der Waals surface area contributed by atoms with E-state index in [4.69, 9.17) is 0 Å². The highest BCUT2D eigenvalue weighted by atomic mass is 32.2. The van der Waals surface area contributed by atoms with E-state index in [9.17, 15) is 17.2 Å². The average molecular weight is 510 g/mol. The molecule has 1 fully saturated rings. The Morgan fingerprint density at radius 3 is 2.58 bits per heavy atom. The first-order chi connectivity index (χ1) is 15.5. The van der Waals surface area contributed by atoms with E-state index in [0.29, 0.717) is 22.5 Å². The molecule has 174 valence electrons. The first kappa shape index (κ1) is 22.5. The lowest BCUT2D eigenvalue weighted by Gasteiger charge is -2.12. The normalized spacial score (nSPS) is 15.6. The number of thiazole rings is 1. The maximum absolute atomic E-state index is 13.1. The van der Waals surface area contributed by atoms with Gasteiger partial charge in [0.1, 0.15) is 5.01 Å². The van der Waals surface area contributed by atoms with Crippen LogP contribution in [0.4, 0.5) is 8.78 Å². The quantitative estimate of drug-likeness (QED) is 0.377. The maximum Gasteiger partial charge on any atom is 0.291 e. The highest BCUT2D eigenvalue weighted by Gasteiger charge is 2.41. The summed E-state index contributed by atoms with van der Waals surface area (Å²) in [6.07, 6.45) is 0.698. The lowest BCUT2D eigenvalue weighted by molar-refractivity contribution is 0.150. The number of sulfonamides is 1. The Morgan fingerprint density at radius 2 is 1.97 bits per heavy atom. The number of nitrogens with one attached hydrogen (secondary N) is 1. The van der Waals surface area contributed by atoms with Crippen molar-refractivity contribution in [3.63, 3.8) is 0 Å². The van der Waals surface area contributed by atoms with Crippen molar-refractivity contribution < 1.29 is 17.2 Å². The van der Waals surface area contributed by atoms with Crippen molar-refractivity contribution in [1.29, 1.82) is 0 Å². The first-order valence-electron chi connectivity index (χ1n) is 10.3. The van der Waals surface area contributed by atoms with E-state index in [2.05, 4.69) is 19.9 Å². The van der Waals surface area contributed by atoms with Crippen LogP contribution in [0.1, 0.15) is 46.8 Å². The summed E-state index contributed by atoms with van der Waals surface area (Å²) in [5.74, 6) is 0. The van der Waals surface area contributed by atoms with Gasteiger partial charge in [-0.05, 0) is 51.8 Å². The van der Waals surface area contributed by atoms with Gasteiger partial charge in [-0.1, -0.05) is 11.3 Å². The smallest absolute Gasteiger partial charge is 0.291 e.